The molecule has 0 aliphatic carbocycles. The van der Waals surface area contributed by atoms with Gasteiger partial charge in [-0.3, -0.25) is 20.7 Å². The second kappa shape index (κ2) is 20.7. The monoisotopic (exact) mass is 710 g/mol. The van der Waals surface area contributed by atoms with Crippen LogP contribution in [-0.4, -0.2) is 52.2 Å². The summed E-state index contributed by atoms with van der Waals surface area (Å²) >= 11 is 1.33. The number of anilines is 7. The van der Waals surface area contributed by atoms with E-state index in [1.54, 1.807) is 29.9 Å². The van der Waals surface area contributed by atoms with Crippen molar-refractivity contribution in [2.75, 3.05) is 39.7 Å². The molecular weight excluding hydrogens is 673 g/mol. The third-order valence-corrected chi connectivity index (χ3v) is 7.01. The summed E-state index contributed by atoms with van der Waals surface area (Å²) in [6.45, 7) is 8.78. The van der Waals surface area contributed by atoms with Gasteiger partial charge in [-0.15, -0.1) is 11.3 Å². The number of hydrogen-bond acceptors (Lipinski definition) is 11. The average Bonchev–Trinajstić information content (AvgIpc) is 3.59. The van der Waals surface area contributed by atoms with Crippen LogP contribution < -0.4 is 37.2 Å². The Balaban J connectivity index is 0.000000268. The molecule has 0 bridgehead atoms. The zero-order valence-electron chi connectivity index (χ0n) is 28.4. The van der Waals surface area contributed by atoms with Crippen molar-refractivity contribution in [2.45, 2.75) is 27.7 Å². The number of urea groups is 2. The number of hydrogen-bond donors (Lipinski definition) is 7. The van der Waals surface area contributed by atoms with Gasteiger partial charge in [-0.1, -0.05) is 24.3 Å². The number of amides is 5. The number of rotatable bonds is 10. The first kappa shape index (κ1) is 38.8. The van der Waals surface area contributed by atoms with Gasteiger partial charge >= 0.3 is 18.2 Å². The molecule has 0 saturated heterocycles. The Labute approximate surface area is 298 Å². The van der Waals surface area contributed by atoms with Crippen LogP contribution in [0.15, 0.2) is 90.7 Å². The highest BCUT2D eigenvalue weighted by atomic mass is 32.1. The van der Waals surface area contributed by atoms with E-state index in [1.165, 1.54) is 23.1 Å². The Morgan fingerprint density at radius 1 is 0.686 bits per heavy atom. The van der Waals surface area contributed by atoms with Crippen LogP contribution in [0.1, 0.15) is 35.3 Å². The Morgan fingerprint density at radius 3 is 1.80 bits per heavy atom. The van der Waals surface area contributed by atoms with Gasteiger partial charge in [0.05, 0.1) is 11.3 Å². The van der Waals surface area contributed by atoms with Crippen LogP contribution in [-0.2, 0) is 9.59 Å². The van der Waals surface area contributed by atoms with E-state index in [0.29, 0.717) is 41.1 Å². The van der Waals surface area contributed by atoms with E-state index in [-0.39, 0.29) is 24.1 Å². The number of nitrogens with zero attached hydrogens (tertiary/aromatic N) is 3. The molecule has 2 aromatic carbocycles. The Hall–Kier alpha value is -6.64. The molecular formula is C35H38N10O5S. The summed E-state index contributed by atoms with van der Waals surface area (Å²) < 4.78 is 0. The van der Waals surface area contributed by atoms with Gasteiger partial charge in [-0.25, -0.2) is 24.5 Å². The summed E-state index contributed by atoms with van der Waals surface area (Å²) in [6.07, 6.45) is 4.94. The number of nitrogens with one attached hydrogen (secondary N) is 7. The largest absolute Gasteiger partial charge is 0.373 e. The molecule has 5 rings (SSSR count). The lowest BCUT2D eigenvalue weighted by molar-refractivity contribution is -0.191. The van der Waals surface area contributed by atoms with E-state index in [1.807, 2.05) is 76.2 Å². The first-order valence-corrected chi connectivity index (χ1v) is 16.4. The second-order valence-corrected chi connectivity index (χ2v) is 11.3. The smallest absolute Gasteiger partial charge is 0.355 e. The number of aromatic nitrogens is 3. The zero-order chi connectivity index (χ0) is 37.0. The average molecular weight is 711 g/mol. The molecule has 7 N–H and O–H groups in total. The topological polar surface area (TPSA) is 208 Å². The molecule has 0 aliphatic rings. The summed E-state index contributed by atoms with van der Waals surface area (Å²) in [6, 6.07) is 20.5. The fraction of sp³-hybridized carbons (Fsp3) is 0.171. The number of aryl methyl sites for hydroxylation is 2. The Kier molecular flexibility index (Phi) is 15.7. The molecule has 0 saturated carbocycles. The highest BCUT2D eigenvalue weighted by molar-refractivity contribution is 7.13. The summed E-state index contributed by atoms with van der Waals surface area (Å²) in [5, 5.41) is 22.2. The van der Waals surface area contributed by atoms with Gasteiger partial charge in [-0.05, 0) is 69.2 Å². The molecule has 0 radical (unpaired) electrons. The number of thiazole rings is 1. The van der Waals surface area contributed by atoms with Crippen LogP contribution in [0.3, 0.4) is 0 Å². The molecule has 0 aliphatic heterocycles. The van der Waals surface area contributed by atoms with Crippen LogP contribution >= 0.6 is 11.3 Å². The van der Waals surface area contributed by atoms with E-state index in [4.69, 9.17) is 9.59 Å². The van der Waals surface area contributed by atoms with E-state index in [2.05, 4.69) is 58.2 Å². The van der Waals surface area contributed by atoms with Crippen LogP contribution in [0.5, 0.6) is 0 Å². The van der Waals surface area contributed by atoms with Gasteiger partial charge < -0.3 is 21.3 Å². The van der Waals surface area contributed by atoms with Crippen molar-refractivity contribution in [3.8, 4) is 0 Å². The Bertz CT molecular complexity index is 1930. The maximum Gasteiger partial charge on any atom is 0.373 e. The lowest BCUT2D eigenvalue weighted by atomic mass is 10.1. The third-order valence-electron chi connectivity index (χ3n) is 6.32. The summed E-state index contributed by atoms with van der Waals surface area (Å²) in [4.78, 5) is 64.5. The lowest BCUT2D eigenvalue weighted by Gasteiger charge is -2.14. The van der Waals surface area contributed by atoms with Gasteiger partial charge in [-0.2, -0.15) is 9.59 Å². The quantitative estimate of drug-likeness (QED) is 0.0818. The van der Waals surface area contributed by atoms with Crippen molar-refractivity contribution in [2.24, 2.45) is 0 Å². The number of carbonyl (C=O) groups excluding carboxylic acids is 5. The SMILES string of the molecule is CCNC(=O)Nc1cc(Nc2cccc(C)c2)c(C(=O)Nc2nccs2)cn1.CCNC(=O)Nc1cc(Nc2cccc(C)c2)ccn1.O=C=O. The molecule has 3 heterocycles. The van der Waals surface area contributed by atoms with Gasteiger partial charge in [0.1, 0.15) is 11.6 Å². The van der Waals surface area contributed by atoms with E-state index in [9.17, 15) is 14.4 Å². The highest BCUT2D eigenvalue weighted by Gasteiger charge is 2.16. The molecule has 0 fully saturated rings. The van der Waals surface area contributed by atoms with Crippen molar-refractivity contribution in [3.05, 3.63) is 107 Å². The molecule has 15 nitrogen and oxygen atoms in total. The van der Waals surface area contributed by atoms with Gasteiger partial charge in [0.15, 0.2) is 5.13 Å². The van der Waals surface area contributed by atoms with E-state index >= 15 is 0 Å². The molecule has 5 aromatic rings. The molecule has 5 amide bonds. The van der Waals surface area contributed by atoms with E-state index < -0.39 is 0 Å². The van der Waals surface area contributed by atoms with Crippen LogP contribution in [0.25, 0.3) is 0 Å². The summed E-state index contributed by atoms with van der Waals surface area (Å²) in [5.41, 5.74) is 5.80. The van der Waals surface area contributed by atoms with Crippen molar-refractivity contribution >= 4 is 75.0 Å². The maximum atomic E-state index is 12.7. The fourth-order valence-corrected chi connectivity index (χ4v) is 4.77. The van der Waals surface area contributed by atoms with Crippen LogP contribution in [0.4, 0.5) is 49.1 Å². The highest BCUT2D eigenvalue weighted by Crippen LogP contribution is 2.25. The van der Waals surface area contributed by atoms with E-state index in [0.717, 1.165) is 22.6 Å². The van der Waals surface area contributed by atoms with Gasteiger partial charge in [0.2, 0.25) is 0 Å². The summed E-state index contributed by atoms with van der Waals surface area (Å²) in [5.74, 6) is 0.489. The van der Waals surface area contributed by atoms with Gasteiger partial charge in [0, 0.05) is 66.3 Å². The molecule has 16 heteroatoms. The minimum absolute atomic E-state index is 0.250. The van der Waals surface area contributed by atoms with Gasteiger partial charge in [0.25, 0.3) is 5.91 Å². The number of carbonyl (C=O) groups is 3. The van der Waals surface area contributed by atoms with Crippen molar-refractivity contribution < 1.29 is 24.0 Å². The minimum atomic E-state index is -0.364. The first-order chi connectivity index (χ1) is 24.6. The standard InChI is InChI=1S/C19H20N6O2S.C15H18N4O.CO2/c1-3-20-18(27)24-16-10-15(23-13-6-4-5-12(2)9-13)14(11-22-16)17(26)25-19-21-7-8-28-19;1-3-16-15(20)19-14-10-13(7-8-17-14)18-12-6-4-5-11(2)9-12;2-1-3/h4-11H,3H2,1-2H3,(H,21,25,26)(H3,20,22,23,24,27);4-10H,3H2,1-2H3,(H3,16,17,18,19,20);. The summed E-state index contributed by atoms with van der Waals surface area (Å²) in [7, 11) is 0. The van der Waals surface area contributed by atoms with Crippen LogP contribution in [0.2, 0.25) is 0 Å². The number of benzene rings is 2. The minimum Gasteiger partial charge on any atom is -0.355 e. The van der Waals surface area contributed by atoms with Crippen molar-refractivity contribution in [1.29, 1.82) is 0 Å². The fourth-order valence-electron chi connectivity index (χ4n) is 4.24. The predicted octanol–water partition coefficient (Wildman–Crippen LogP) is 6.68. The Morgan fingerprint density at radius 2 is 1.25 bits per heavy atom. The molecule has 3 aromatic heterocycles. The molecule has 0 spiro atoms. The second-order valence-electron chi connectivity index (χ2n) is 10.4. The third kappa shape index (κ3) is 13.8. The normalized spacial score (nSPS) is 9.65. The first-order valence-electron chi connectivity index (χ1n) is 15.6. The van der Waals surface area contributed by atoms with Crippen molar-refractivity contribution in [1.82, 2.24) is 25.6 Å². The predicted molar refractivity (Wildman–Crippen MR) is 198 cm³/mol. The molecule has 0 unspecified atom stereocenters. The molecule has 264 valence electrons. The maximum absolute atomic E-state index is 12.7. The number of pyridine rings is 2. The lowest BCUT2D eigenvalue weighted by Crippen LogP contribution is -2.28. The van der Waals surface area contributed by atoms with Crippen LogP contribution in [0, 0.1) is 13.8 Å². The molecule has 51 heavy (non-hydrogen) atoms. The zero-order valence-corrected chi connectivity index (χ0v) is 29.2. The molecule has 0 atom stereocenters. The van der Waals surface area contributed by atoms with Crippen molar-refractivity contribution in [3.63, 3.8) is 0 Å².